The molecule has 0 aromatic carbocycles. The van der Waals surface area contributed by atoms with Crippen LogP contribution in [0.4, 0.5) is 0 Å². The highest BCUT2D eigenvalue weighted by Crippen LogP contribution is 2.15. The highest BCUT2D eigenvalue weighted by atomic mass is 35.5. The second-order valence-electron chi connectivity index (χ2n) is 2.52. The van der Waals surface area contributed by atoms with Gasteiger partial charge in [-0.15, -0.1) is 12.4 Å². The Labute approximate surface area is 61.8 Å². The van der Waals surface area contributed by atoms with Crippen LogP contribution in [0.5, 0.6) is 0 Å². The van der Waals surface area contributed by atoms with Crippen LogP contribution in [0.3, 0.4) is 0 Å². The van der Waals surface area contributed by atoms with E-state index in [1.54, 1.807) is 0 Å². The van der Waals surface area contributed by atoms with Gasteiger partial charge in [-0.1, -0.05) is 12.8 Å². The summed E-state index contributed by atoms with van der Waals surface area (Å²) < 4.78 is 0. The van der Waals surface area contributed by atoms with E-state index in [1.165, 1.54) is 6.42 Å². The van der Waals surface area contributed by atoms with Crippen LogP contribution < -0.4 is 5.73 Å². The fourth-order valence-electron chi connectivity index (χ4n) is 1.14. The van der Waals surface area contributed by atoms with Crippen LogP contribution in [-0.2, 0) is 0 Å². The number of aliphatic hydroxyl groups is 1. The minimum absolute atomic E-state index is 0. The summed E-state index contributed by atoms with van der Waals surface area (Å²) in [4.78, 5) is 0. The van der Waals surface area contributed by atoms with Gasteiger partial charge < -0.3 is 10.8 Å². The molecular formula is C6H14ClNO. The molecule has 0 aromatic rings. The summed E-state index contributed by atoms with van der Waals surface area (Å²) in [7, 11) is 0. The Balaban J connectivity index is 0.000000640. The third-order valence-electron chi connectivity index (χ3n) is 1.78. The molecule has 0 radical (unpaired) electrons. The summed E-state index contributed by atoms with van der Waals surface area (Å²) in [5.41, 5.74) is 5.53. The van der Waals surface area contributed by atoms with E-state index >= 15 is 0 Å². The smallest absolute Gasteiger partial charge is 0.0691 e. The molecule has 0 aliphatic heterocycles. The zero-order chi connectivity index (χ0) is 5.98. The maximum absolute atomic E-state index is 9.05. The topological polar surface area (TPSA) is 46.2 Å². The first-order valence-corrected chi connectivity index (χ1v) is 3.24. The Morgan fingerprint density at radius 1 is 1.22 bits per heavy atom. The van der Waals surface area contributed by atoms with E-state index in [1.807, 2.05) is 0 Å². The average Bonchev–Trinajstić information content (AvgIpc) is 1.77. The molecule has 0 unspecified atom stereocenters. The number of halogens is 1. The van der Waals surface area contributed by atoms with E-state index in [9.17, 15) is 0 Å². The molecule has 1 rings (SSSR count). The monoisotopic (exact) mass is 151 g/mol. The van der Waals surface area contributed by atoms with Gasteiger partial charge in [0, 0.05) is 6.04 Å². The zero-order valence-corrected chi connectivity index (χ0v) is 6.23. The van der Waals surface area contributed by atoms with Gasteiger partial charge in [-0.2, -0.15) is 0 Å². The van der Waals surface area contributed by atoms with Crippen molar-refractivity contribution in [2.45, 2.75) is 37.8 Å². The summed E-state index contributed by atoms with van der Waals surface area (Å²) in [6.45, 7) is 0. The number of nitrogens with two attached hydrogens (primary N) is 1. The molecule has 1 aliphatic rings. The van der Waals surface area contributed by atoms with Crippen molar-refractivity contribution >= 4 is 12.4 Å². The van der Waals surface area contributed by atoms with Crippen LogP contribution in [0.2, 0.25) is 0 Å². The van der Waals surface area contributed by atoms with E-state index in [2.05, 4.69) is 0 Å². The van der Waals surface area contributed by atoms with Crippen molar-refractivity contribution in [1.82, 2.24) is 0 Å². The zero-order valence-electron chi connectivity index (χ0n) is 5.42. The van der Waals surface area contributed by atoms with Gasteiger partial charge in [-0.3, -0.25) is 0 Å². The van der Waals surface area contributed by atoms with Gasteiger partial charge >= 0.3 is 0 Å². The first kappa shape index (κ1) is 9.21. The quantitative estimate of drug-likeness (QED) is 0.535. The molecule has 3 N–H and O–H groups in total. The first-order chi connectivity index (χ1) is 3.80. The highest BCUT2D eigenvalue weighted by molar-refractivity contribution is 5.85. The standard InChI is InChI=1S/C6H13NO.ClH/c7-5-3-1-2-4-6(5)8;/h5-6,8H,1-4,7H2;1H/t5-,6-;/m0./s1. The number of hydrogen-bond acceptors (Lipinski definition) is 2. The summed E-state index contributed by atoms with van der Waals surface area (Å²) in [6.07, 6.45) is 4.03. The minimum Gasteiger partial charge on any atom is -0.392 e. The van der Waals surface area contributed by atoms with Gasteiger partial charge in [0.2, 0.25) is 0 Å². The number of rotatable bonds is 0. The second kappa shape index (κ2) is 4.09. The molecule has 56 valence electrons. The molecule has 1 fully saturated rings. The molecule has 0 spiro atoms. The molecular weight excluding hydrogens is 138 g/mol. The van der Waals surface area contributed by atoms with Crippen molar-refractivity contribution in [1.29, 1.82) is 0 Å². The minimum atomic E-state index is -0.219. The van der Waals surface area contributed by atoms with Gasteiger partial charge in [0.25, 0.3) is 0 Å². The lowest BCUT2D eigenvalue weighted by Gasteiger charge is -2.23. The second-order valence-corrected chi connectivity index (χ2v) is 2.52. The molecule has 2 nitrogen and oxygen atoms in total. The maximum Gasteiger partial charge on any atom is 0.0691 e. The van der Waals surface area contributed by atoms with Crippen molar-refractivity contribution in [3.05, 3.63) is 0 Å². The summed E-state index contributed by atoms with van der Waals surface area (Å²) in [6, 6.07) is 0.0590. The van der Waals surface area contributed by atoms with Gasteiger partial charge in [0.05, 0.1) is 6.10 Å². The normalized spacial score (nSPS) is 35.3. The largest absolute Gasteiger partial charge is 0.392 e. The summed E-state index contributed by atoms with van der Waals surface area (Å²) in [5, 5.41) is 9.05. The Morgan fingerprint density at radius 2 is 1.78 bits per heavy atom. The lowest BCUT2D eigenvalue weighted by atomic mass is 9.94. The molecule has 0 amide bonds. The molecule has 0 saturated heterocycles. The van der Waals surface area contributed by atoms with Gasteiger partial charge in [0.1, 0.15) is 0 Å². The molecule has 2 atom stereocenters. The molecule has 0 heterocycles. The van der Waals surface area contributed by atoms with Crippen molar-refractivity contribution < 1.29 is 5.11 Å². The molecule has 1 saturated carbocycles. The Hall–Kier alpha value is 0.210. The van der Waals surface area contributed by atoms with E-state index in [0.717, 1.165) is 19.3 Å². The van der Waals surface area contributed by atoms with Crippen LogP contribution in [0.1, 0.15) is 25.7 Å². The van der Waals surface area contributed by atoms with Crippen LogP contribution in [0.25, 0.3) is 0 Å². The molecule has 3 heteroatoms. The predicted molar refractivity (Wildman–Crippen MR) is 39.7 cm³/mol. The average molecular weight is 152 g/mol. The lowest BCUT2D eigenvalue weighted by Crippen LogP contribution is -2.37. The van der Waals surface area contributed by atoms with Crippen LogP contribution in [-0.4, -0.2) is 17.3 Å². The fraction of sp³-hybridized carbons (Fsp3) is 1.00. The van der Waals surface area contributed by atoms with Crippen LogP contribution in [0.15, 0.2) is 0 Å². The van der Waals surface area contributed by atoms with Gasteiger partial charge in [-0.25, -0.2) is 0 Å². The van der Waals surface area contributed by atoms with E-state index in [-0.39, 0.29) is 24.6 Å². The van der Waals surface area contributed by atoms with Crippen LogP contribution in [0, 0.1) is 0 Å². The number of aliphatic hydroxyl groups excluding tert-OH is 1. The Bertz CT molecular complexity index is 69.5. The predicted octanol–water partition coefficient (Wildman–Crippen LogP) is 0.670. The Morgan fingerprint density at radius 3 is 2.11 bits per heavy atom. The third kappa shape index (κ3) is 2.52. The van der Waals surface area contributed by atoms with E-state index < -0.39 is 0 Å². The number of hydrogen-bond donors (Lipinski definition) is 2. The molecule has 1 aliphatic carbocycles. The Kier molecular flexibility index (Phi) is 4.19. The van der Waals surface area contributed by atoms with E-state index in [0.29, 0.717) is 0 Å². The van der Waals surface area contributed by atoms with Crippen LogP contribution >= 0.6 is 12.4 Å². The van der Waals surface area contributed by atoms with E-state index in [4.69, 9.17) is 10.8 Å². The van der Waals surface area contributed by atoms with Gasteiger partial charge in [-0.05, 0) is 12.8 Å². The molecule has 9 heavy (non-hydrogen) atoms. The van der Waals surface area contributed by atoms with Crippen molar-refractivity contribution in [3.63, 3.8) is 0 Å². The molecule has 0 bridgehead atoms. The lowest BCUT2D eigenvalue weighted by molar-refractivity contribution is 0.108. The summed E-state index contributed by atoms with van der Waals surface area (Å²) >= 11 is 0. The third-order valence-corrected chi connectivity index (χ3v) is 1.78. The maximum atomic E-state index is 9.05. The first-order valence-electron chi connectivity index (χ1n) is 3.24. The summed E-state index contributed by atoms with van der Waals surface area (Å²) in [5.74, 6) is 0. The SMILES string of the molecule is Cl.N[C@H]1CCCC[C@@H]1O. The van der Waals surface area contributed by atoms with Gasteiger partial charge in [0.15, 0.2) is 0 Å². The van der Waals surface area contributed by atoms with Crippen molar-refractivity contribution in [2.24, 2.45) is 5.73 Å². The molecule has 0 aromatic heterocycles. The highest BCUT2D eigenvalue weighted by Gasteiger charge is 2.17. The van der Waals surface area contributed by atoms with Crippen molar-refractivity contribution in [3.8, 4) is 0 Å². The van der Waals surface area contributed by atoms with Crippen molar-refractivity contribution in [2.75, 3.05) is 0 Å². The fourth-order valence-corrected chi connectivity index (χ4v) is 1.14.